The fourth-order valence-electron chi connectivity index (χ4n) is 2.81. The predicted octanol–water partition coefficient (Wildman–Crippen LogP) is 2.64. The number of benzene rings is 1. The number of likely N-dealkylation sites (tertiary alicyclic amines) is 1. The third-order valence-electron chi connectivity index (χ3n) is 4.35. The van der Waals surface area contributed by atoms with Crippen molar-refractivity contribution in [2.75, 3.05) is 33.3 Å². The Balaban J connectivity index is 1.95. The molecule has 0 bridgehead atoms. The van der Waals surface area contributed by atoms with Crippen LogP contribution in [-0.4, -0.2) is 49.3 Å². The van der Waals surface area contributed by atoms with Crippen molar-refractivity contribution in [2.45, 2.75) is 33.1 Å². The van der Waals surface area contributed by atoms with E-state index >= 15 is 0 Å². The van der Waals surface area contributed by atoms with E-state index < -0.39 is 0 Å². The van der Waals surface area contributed by atoms with E-state index in [9.17, 15) is 5.11 Å². The number of hydrogen-bond donors (Lipinski definition) is 2. The van der Waals surface area contributed by atoms with Crippen molar-refractivity contribution in [3.8, 4) is 11.5 Å². The first-order chi connectivity index (χ1) is 11.1. The van der Waals surface area contributed by atoms with E-state index in [0.717, 1.165) is 43.5 Å². The first-order valence-electron chi connectivity index (χ1n) is 8.53. The van der Waals surface area contributed by atoms with E-state index in [2.05, 4.69) is 24.1 Å². The number of piperidine rings is 1. The Hall–Kier alpha value is -1.91. The van der Waals surface area contributed by atoms with Gasteiger partial charge in [0.2, 0.25) is 0 Å². The lowest BCUT2D eigenvalue weighted by Crippen LogP contribution is -2.45. The molecular formula is C18H29N3O2. The van der Waals surface area contributed by atoms with Gasteiger partial charge in [-0.05, 0) is 43.7 Å². The molecule has 1 aliphatic heterocycles. The largest absolute Gasteiger partial charge is 0.508 e. The van der Waals surface area contributed by atoms with E-state index in [1.807, 2.05) is 12.1 Å². The van der Waals surface area contributed by atoms with Gasteiger partial charge in [0.1, 0.15) is 11.5 Å². The number of guanidine groups is 1. The molecule has 5 heteroatoms. The molecule has 0 unspecified atom stereocenters. The third kappa shape index (κ3) is 5.05. The summed E-state index contributed by atoms with van der Waals surface area (Å²) in [5.41, 5.74) is 0.901. The summed E-state index contributed by atoms with van der Waals surface area (Å²) in [7, 11) is 1.60. The van der Waals surface area contributed by atoms with E-state index in [4.69, 9.17) is 9.73 Å². The van der Waals surface area contributed by atoms with Crippen LogP contribution >= 0.6 is 0 Å². The molecule has 2 rings (SSSR count). The molecule has 0 amide bonds. The minimum atomic E-state index is 0.274. The molecule has 1 aromatic rings. The Morgan fingerprint density at radius 3 is 2.74 bits per heavy atom. The number of aliphatic imine (C=N–C) groups is 1. The molecule has 5 nitrogen and oxygen atoms in total. The van der Waals surface area contributed by atoms with Crippen LogP contribution in [0.25, 0.3) is 0 Å². The molecule has 1 saturated heterocycles. The number of nitrogens with zero attached hydrogens (tertiary/aromatic N) is 2. The quantitative estimate of drug-likeness (QED) is 0.647. The van der Waals surface area contributed by atoms with Gasteiger partial charge >= 0.3 is 0 Å². The van der Waals surface area contributed by atoms with Crippen molar-refractivity contribution in [3.63, 3.8) is 0 Å². The van der Waals surface area contributed by atoms with Gasteiger partial charge in [-0.25, -0.2) is 0 Å². The molecule has 23 heavy (non-hydrogen) atoms. The zero-order valence-corrected chi connectivity index (χ0v) is 14.5. The molecule has 128 valence electrons. The van der Waals surface area contributed by atoms with Crippen LogP contribution in [0.2, 0.25) is 0 Å². The maximum Gasteiger partial charge on any atom is 0.193 e. The van der Waals surface area contributed by atoms with Gasteiger partial charge in [-0.15, -0.1) is 0 Å². The highest BCUT2D eigenvalue weighted by Crippen LogP contribution is 2.23. The summed E-state index contributed by atoms with van der Waals surface area (Å²) in [6.45, 7) is 8.08. The highest BCUT2D eigenvalue weighted by molar-refractivity contribution is 5.80. The van der Waals surface area contributed by atoms with Gasteiger partial charge in [-0.1, -0.05) is 13.0 Å². The zero-order valence-electron chi connectivity index (χ0n) is 14.5. The van der Waals surface area contributed by atoms with Crippen LogP contribution in [-0.2, 0) is 6.42 Å². The van der Waals surface area contributed by atoms with Gasteiger partial charge in [0.25, 0.3) is 0 Å². The van der Waals surface area contributed by atoms with E-state index in [1.165, 1.54) is 12.8 Å². The summed E-state index contributed by atoms with van der Waals surface area (Å²) >= 11 is 0. The predicted molar refractivity (Wildman–Crippen MR) is 94.3 cm³/mol. The summed E-state index contributed by atoms with van der Waals surface area (Å²) in [5.74, 6) is 2.75. The molecule has 0 radical (unpaired) electrons. The molecule has 0 aromatic heterocycles. The van der Waals surface area contributed by atoms with E-state index in [0.29, 0.717) is 12.3 Å². The minimum Gasteiger partial charge on any atom is -0.508 e. The number of aromatic hydroxyl groups is 1. The van der Waals surface area contributed by atoms with Crippen molar-refractivity contribution in [2.24, 2.45) is 10.9 Å². The van der Waals surface area contributed by atoms with E-state index in [1.54, 1.807) is 13.2 Å². The van der Waals surface area contributed by atoms with Gasteiger partial charge in [0.15, 0.2) is 5.96 Å². The van der Waals surface area contributed by atoms with Crippen LogP contribution < -0.4 is 10.1 Å². The zero-order chi connectivity index (χ0) is 16.7. The molecule has 0 atom stereocenters. The standard InChI is InChI=1S/C18H29N3O2/c1-4-19-18(21-11-8-14(2)9-12-21)20-10-7-15-5-6-16(23-3)13-17(15)22/h5-6,13-14,22H,4,7-12H2,1-3H3,(H,19,20). The van der Waals surface area contributed by atoms with Crippen molar-refractivity contribution in [1.82, 2.24) is 10.2 Å². The second-order valence-electron chi connectivity index (χ2n) is 6.15. The first-order valence-corrected chi connectivity index (χ1v) is 8.53. The fraction of sp³-hybridized carbons (Fsp3) is 0.611. The number of rotatable bonds is 5. The number of nitrogens with one attached hydrogen (secondary N) is 1. The number of phenols is 1. The average Bonchev–Trinajstić information content (AvgIpc) is 2.56. The molecule has 0 spiro atoms. The Labute approximate surface area is 139 Å². The number of methoxy groups -OCH3 is 1. The molecule has 1 fully saturated rings. The molecule has 0 saturated carbocycles. The number of phenolic OH excluding ortho intramolecular Hbond substituents is 1. The maximum absolute atomic E-state index is 10.0. The van der Waals surface area contributed by atoms with Crippen LogP contribution in [0, 0.1) is 5.92 Å². The number of hydrogen-bond acceptors (Lipinski definition) is 3. The van der Waals surface area contributed by atoms with Crippen molar-refractivity contribution in [3.05, 3.63) is 23.8 Å². The van der Waals surface area contributed by atoms with Crippen LogP contribution in [0.1, 0.15) is 32.3 Å². The summed E-state index contributed by atoms with van der Waals surface area (Å²) < 4.78 is 5.11. The second kappa shape index (κ2) is 8.65. The molecule has 1 aliphatic rings. The Morgan fingerprint density at radius 1 is 1.39 bits per heavy atom. The molecule has 1 heterocycles. The normalized spacial score (nSPS) is 16.5. The lowest BCUT2D eigenvalue weighted by molar-refractivity contribution is 0.273. The fourth-order valence-corrected chi connectivity index (χ4v) is 2.81. The Morgan fingerprint density at radius 2 is 2.13 bits per heavy atom. The molecular weight excluding hydrogens is 290 g/mol. The summed E-state index contributed by atoms with van der Waals surface area (Å²) in [6, 6.07) is 5.42. The van der Waals surface area contributed by atoms with Crippen molar-refractivity contribution >= 4 is 5.96 Å². The molecule has 2 N–H and O–H groups in total. The van der Waals surface area contributed by atoms with Crippen LogP contribution in [0.4, 0.5) is 0 Å². The van der Waals surface area contributed by atoms with Gasteiger partial charge in [-0.2, -0.15) is 0 Å². The van der Waals surface area contributed by atoms with Crippen LogP contribution in [0.15, 0.2) is 23.2 Å². The Kier molecular flexibility index (Phi) is 6.56. The van der Waals surface area contributed by atoms with Gasteiger partial charge in [0, 0.05) is 32.2 Å². The maximum atomic E-state index is 10.0. The topological polar surface area (TPSA) is 57.1 Å². The lowest BCUT2D eigenvalue weighted by Gasteiger charge is -2.33. The average molecular weight is 319 g/mol. The summed E-state index contributed by atoms with van der Waals surface area (Å²) in [4.78, 5) is 7.07. The van der Waals surface area contributed by atoms with Crippen LogP contribution in [0.5, 0.6) is 11.5 Å². The SMILES string of the molecule is CCNC(=NCCc1ccc(OC)cc1O)N1CCC(C)CC1. The monoisotopic (exact) mass is 319 g/mol. The number of ether oxygens (including phenoxy) is 1. The third-order valence-corrected chi connectivity index (χ3v) is 4.35. The van der Waals surface area contributed by atoms with Gasteiger partial charge < -0.3 is 20.1 Å². The van der Waals surface area contributed by atoms with Gasteiger partial charge in [0.05, 0.1) is 7.11 Å². The van der Waals surface area contributed by atoms with Crippen molar-refractivity contribution < 1.29 is 9.84 Å². The van der Waals surface area contributed by atoms with E-state index in [-0.39, 0.29) is 5.75 Å². The first kappa shape index (κ1) is 17.4. The van der Waals surface area contributed by atoms with Crippen molar-refractivity contribution in [1.29, 1.82) is 0 Å². The highest BCUT2D eigenvalue weighted by Gasteiger charge is 2.18. The lowest BCUT2D eigenvalue weighted by atomic mass is 10.00. The molecule has 1 aromatic carbocycles. The highest BCUT2D eigenvalue weighted by atomic mass is 16.5. The Bertz CT molecular complexity index is 523. The minimum absolute atomic E-state index is 0.274. The van der Waals surface area contributed by atoms with Crippen LogP contribution in [0.3, 0.4) is 0 Å². The smallest absolute Gasteiger partial charge is 0.193 e. The van der Waals surface area contributed by atoms with Gasteiger partial charge in [-0.3, -0.25) is 4.99 Å². The second-order valence-corrected chi connectivity index (χ2v) is 6.15. The summed E-state index contributed by atoms with van der Waals surface area (Å²) in [5, 5.41) is 13.4. The molecule has 0 aliphatic carbocycles. The summed E-state index contributed by atoms with van der Waals surface area (Å²) in [6.07, 6.45) is 3.17.